The Morgan fingerprint density at radius 2 is 0.964 bits per heavy atom. The monoisotopic (exact) mass is 735 g/mol. The Morgan fingerprint density at radius 1 is 0.327 bits per heavy atom. The average molecular weight is 736 g/mol. The zero-order valence-corrected chi connectivity index (χ0v) is 31.4. The first kappa shape index (κ1) is 32.0. The van der Waals surface area contributed by atoms with Gasteiger partial charge >= 0.3 is 0 Å². The SMILES string of the molecule is c1ccc(-c2cccc3c2sc2cc(N(c4ccc(-c5ccc6ccccc6c5)cc4)c4ccc(-c5ccccc5)c5sc6ccccc6c45)ccc23)cc1. The molecule has 0 unspecified atom stereocenters. The first-order chi connectivity index (χ1) is 27.3. The van der Waals surface area contributed by atoms with Gasteiger partial charge in [0.15, 0.2) is 0 Å². The number of hydrogen-bond acceptors (Lipinski definition) is 3. The molecule has 0 atom stereocenters. The molecule has 2 aromatic heterocycles. The van der Waals surface area contributed by atoms with E-state index in [9.17, 15) is 0 Å². The Hall–Kier alpha value is -6.52. The third kappa shape index (κ3) is 5.43. The van der Waals surface area contributed by atoms with Crippen molar-refractivity contribution in [2.45, 2.75) is 0 Å². The highest BCUT2D eigenvalue weighted by Crippen LogP contribution is 2.49. The van der Waals surface area contributed by atoms with Gasteiger partial charge in [0, 0.05) is 51.7 Å². The molecule has 0 aliphatic rings. The molecular formula is C52H33NS2. The Labute approximate surface area is 327 Å². The predicted octanol–water partition coefficient (Wildman–Crippen LogP) is 16.0. The van der Waals surface area contributed by atoms with Gasteiger partial charge in [-0.3, -0.25) is 0 Å². The second kappa shape index (κ2) is 13.1. The largest absolute Gasteiger partial charge is 0.310 e. The van der Waals surface area contributed by atoms with Crippen molar-refractivity contribution in [1.82, 2.24) is 0 Å². The van der Waals surface area contributed by atoms with E-state index in [1.54, 1.807) is 0 Å². The topological polar surface area (TPSA) is 3.24 Å². The Balaban J connectivity index is 1.13. The van der Waals surface area contributed by atoms with Gasteiger partial charge in [0.25, 0.3) is 0 Å². The number of nitrogens with zero attached hydrogens (tertiary/aromatic N) is 1. The molecule has 0 aliphatic carbocycles. The van der Waals surface area contributed by atoms with Crippen LogP contribution in [0.1, 0.15) is 0 Å². The van der Waals surface area contributed by atoms with Crippen molar-refractivity contribution in [1.29, 1.82) is 0 Å². The Morgan fingerprint density at radius 3 is 1.76 bits per heavy atom. The highest BCUT2D eigenvalue weighted by atomic mass is 32.1. The molecule has 1 nitrogen and oxygen atoms in total. The number of hydrogen-bond donors (Lipinski definition) is 0. The van der Waals surface area contributed by atoms with Crippen LogP contribution in [0.25, 0.3) is 84.5 Å². The summed E-state index contributed by atoms with van der Waals surface area (Å²) in [4.78, 5) is 2.47. The molecule has 0 aliphatic heterocycles. The van der Waals surface area contributed by atoms with Crippen LogP contribution in [0.2, 0.25) is 0 Å². The van der Waals surface area contributed by atoms with Gasteiger partial charge in [0.05, 0.1) is 5.69 Å². The first-order valence-electron chi connectivity index (χ1n) is 18.7. The fourth-order valence-electron chi connectivity index (χ4n) is 8.21. The summed E-state index contributed by atoms with van der Waals surface area (Å²) in [6.07, 6.45) is 0. The van der Waals surface area contributed by atoms with Crippen molar-refractivity contribution in [2.75, 3.05) is 4.90 Å². The summed E-state index contributed by atoms with van der Waals surface area (Å²) >= 11 is 3.77. The molecule has 9 aromatic carbocycles. The number of benzene rings is 9. The maximum Gasteiger partial charge on any atom is 0.0555 e. The normalized spacial score (nSPS) is 11.6. The van der Waals surface area contributed by atoms with Crippen molar-refractivity contribution < 1.29 is 0 Å². The number of anilines is 3. The second-order valence-corrected chi connectivity index (χ2v) is 16.2. The average Bonchev–Trinajstić information content (AvgIpc) is 3.83. The summed E-state index contributed by atoms with van der Waals surface area (Å²) < 4.78 is 5.20. The zero-order valence-electron chi connectivity index (χ0n) is 29.8. The summed E-state index contributed by atoms with van der Waals surface area (Å²) in [6, 6.07) is 73.3. The van der Waals surface area contributed by atoms with Crippen molar-refractivity contribution in [3.05, 3.63) is 200 Å². The Kier molecular flexibility index (Phi) is 7.61. The van der Waals surface area contributed by atoms with Gasteiger partial charge < -0.3 is 4.90 Å². The Bertz CT molecular complexity index is 3190. The standard InChI is InChI=1S/C52H33NS2/c1-3-13-36(14-4-1)42-19-11-20-45-44-29-28-41(33-49(44)55-51(42)45)53(40-26-24-35(25-27-40)39-23-22-34-12-7-8-17-38(34)32-39)47-31-30-43(37-15-5-2-6-16-37)52-50(47)46-18-9-10-21-48(46)54-52/h1-33H. The van der Waals surface area contributed by atoms with Crippen LogP contribution in [-0.2, 0) is 0 Å². The minimum Gasteiger partial charge on any atom is -0.310 e. The highest BCUT2D eigenvalue weighted by molar-refractivity contribution is 7.26. The molecule has 0 spiro atoms. The summed E-state index contributed by atoms with van der Waals surface area (Å²) in [7, 11) is 0. The van der Waals surface area contributed by atoms with E-state index < -0.39 is 0 Å². The molecule has 0 amide bonds. The van der Waals surface area contributed by atoms with Gasteiger partial charge in [0.2, 0.25) is 0 Å². The molecule has 3 heteroatoms. The number of thiophene rings is 2. The molecule has 0 radical (unpaired) electrons. The minimum absolute atomic E-state index is 1.12. The third-order valence-electron chi connectivity index (χ3n) is 10.9. The van der Waals surface area contributed by atoms with E-state index in [-0.39, 0.29) is 0 Å². The molecule has 55 heavy (non-hydrogen) atoms. The quantitative estimate of drug-likeness (QED) is 0.164. The zero-order chi connectivity index (χ0) is 36.3. The van der Waals surface area contributed by atoms with Crippen LogP contribution >= 0.6 is 22.7 Å². The molecule has 258 valence electrons. The van der Waals surface area contributed by atoms with Gasteiger partial charge in [-0.1, -0.05) is 158 Å². The van der Waals surface area contributed by atoms with Gasteiger partial charge in [-0.05, 0) is 86.6 Å². The van der Waals surface area contributed by atoms with Crippen LogP contribution < -0.4 is 4.90 Å². The lowest BCUT2D eigenvalue weighted by Gasteiger charge is -2.27. The number of fused-ring (bicyclic) bond motifs is 7. The van der Waals surface area contributed by atoms with Crippen LogP contribution in [0.5, 0.6) is 0 Å². The number of rotatable bonds is 6. The molecule has 0 saturated carbocycles. The highest BCUT2D eigenvalue weighted by Gasteiger charge is 2.22. The van der Waals surface area contributed by atoms with Crippen molar-refractivity contribution in [2.24, 2.45) is 0 Å². The predicted molar refractivity (Wildman–Crippen MR) is 241 cm³/mol. The van der Waals surface area contributed by atoms with Gasteiger partial charge in [-0.15, -0.1) is 22.7 Å². The maximum atomic E-state index is 2.47. The molecule has 0 saturated heterocycles. The lowest BCUT2D eigenvalue weighted by molar-refractivity contribution is 1.31. The fraction of sp³-hybridized carbons (Fsp3) is 0. The van der Waals surface area contributed by atoms with Crippen LogP contribution in [0.15, 0.2) is 200 Å². The first-order valence-corrected chi connectivity index (χ1v) is 20.3. The summed E-state index contributed by atoms with van der Waals surface area (Å²) in [5.41, 5.74) is 10.9. The maximum absolute atomic E-state index is 2.47. The van der Waals surface area contributed by atoms with Crippen LogP contribution in [-0.4, -0.2) is 0 Å². The molecule has 11 aromatic rings. The molecule has 11 rings (SSSR count). The van der Waals surface area contributed by atoms with E-state index in [1.807, 2.05) is 22.7 Å². The molecular weight excluding hydrogens is 703 g/mol. The summed E-state index contributed by atoms with van der Waals surface area (Å²) in [6.45, 7) is 0. The molecule has 2 heterocycles. The summed E-state index contributed by atoms with van der Waals surface area (Å²) in [5, 5.41) is 7.67. The van der Waals surface area contributed by atoms with Crippen LogP contribution in [0.4, 0.5) is 17.1 Å². The van der Waals surface area contributed by atoms with E-state index in [2.05, 4.69) is 205 Å². The third-order valence-corrected chi connectivity index (χ3v) is 13.3. The second-order valence-electron chi connectivity index (χ2n) is 14.1. The smallest absolute Gasteiger partial charge is 0.0555 e. The molecule has 0 fully saturated rings. The van der Waals surface area contributed by atoms with E-state index in [1.165, 1.54) is 90.2 Å². The van der Waals surface area contributed by atoms with Gasteiger partial charge in [-0.2, -0.15) is 0 Å². The minimum atomic E-state index is 1.12. The van der Waals surface area contributed by atoms with Crippen molar-refractivity contribution in [3.63, 3.8) is 0 Å². The molecule has 0 N–H and O–H groups in total. The van der Waals surface area contributed by atoms with E-state index in [0.717, 1.165) is 11.4 Å². The van der Waals surface area contributed by atoms with Crippen LogP contribution in [0, 0.1) is 0 Å². The fourth-order valence-corrected chi connectivity index (χ4v) is 10.7. The van der Waals surface area contributed by atoms with E-state index in [0.29, 0.717) is 0 Å². The van der Waals surface area contributed by atoms with Gasteiger partial charge in [-0.25, -0.2) is 0 Å². The van der Waals surface area contributed by atoms with E-state index in [4.69, 9.17) is 0 Å². The lowest BCUT2D eigenvalue weighted by atomic mass is 9.99. The summed E-state index contributed by atoms with van der Waals surface area (Å²) in [5.74, 6) is 0. The van der Waals surface area contributed by atoms with Crippen molar-refractivity contribution >= 4 is 90.9 Å². The van der Waals surface area contributed by atoms with E-state index >= 15 is 0 Å². The lowest BCUT2D eigenvalue weighted by Crippen LogP contribution is -2.10. The molecule has 0 bridgehead atoms. The van der Waals surface area contributed by atoms with Crippen molar-refractivity contribution in [3.8, 4) is 33.4 Å². The van der Waals surface area contributed by atoms with Crippen LogP contribution in [0.3, 0.4) is 0 Å². The van der Waals surface area contributed by atoms with Gasteiger partial charge in [0.1, 0.15) is 0 Å².